The standard InChI is InChI=1S/C27H21FN6O4/c1-16-23(27(36)32-19-7-3-2-4-8-19)24(17-6-5-9-21(14-17)34(37)38)33-25(30-16)22(15-29-33)26(35)31-20-12-10-18(28)11-13-20/h2-15,24,30H,1H3,(H,31,35)(H,32,36). The fourth-order valence-corrected chi connectivity index (χ4v) is 4.28. The van der Waals surface area contributed by atoms with Gasteiger partial charge in [-0.15, -0.1) is 0 Å². The van der Waals surface area contributed by atoms with Crippen molar-refractivity contribution in [2.24, 2.45) is 0 Å². The number of halogens is 1. The number of rotatable bonds is 6. The molecule has 10 nitrogen and oxygen atoms in total. The molecule has 0 bridgehead atoms. The van der Waals surface area contributed by atoms with Crippen LogP contribution in [0.4, 0.5) is 27.3 Å². The highest BCUT2D eigenvalue weighted by molar-refractivity contribution is 6.09. The van der Waals surface area contributed by atoms with E-state index in [0.29, 0.717) is 28.5 Å². The number of non-ortho nitro benzene ring substituents is 1. The van der Waals surface area contributed by atoms with Crippen LogP contribution in [0.1, 0.15) is 28.9 Å². The Labute approximate surface area is 215 Å². The summed E-state index contributed by atoms with van der Waals surface area (Å²) in [5, 5.41) is 24.5. The number of allylic oxidation sites excluding steroid dienone is 1. The van der Waals surface area contributed by atoms with Gasteiger partial charge in [0, 0.05) is 29.2 Å². The van der Waals surface area contributed by atoms with Crippen LogP contribution < -0.4 is 16.0 Å². The molecule has 0 saturated carbocycles. The third-order valence-corrected chi connectivity index (χ3v) is 6.04. The van der Waals surface area contributed by atoms with Crippen molar-refractivity contribution in [1.82, 2.24) is 9.78 Å². The average molecular weight is 513 g/mol. The zero-order chi connectivity index (χ0) is 26.8. The van der Waals surface area contributed by atoms with E-state index in [4.69, 9.17) is 0 Å². The van der Waals surface area contributed by atoms with Crippen LogP contribution in [0.2, 0.25) is 0 Å². The third-order valence-electron chi connectivity index (χ3n) is 6.04. The van der Waals surface area contributed by atoms with Gasteiger partial charge in [-0.1, -0.05) is 30.3 Å². The summed E-state index contributed by atoms with van der Waals surface area (Å²) in [5.41, 5.74) is 2.14. The number of nitro groups is 1. The number of hydrogen-bond acceptors (Lipinski definition) is 6. The van der Waals surface area contributed by atoms with E-state index in [1.807, 2.05) is 6.07 Å². The Morgan fingerprint density at radius 3 is 2.37 bits per heavy atom. The summed E-state index contributed by atoms with van der Waals surface area (Å²) in [5.74, 6) is -1.08. The third kappa shape index (κ3) is 4.72. The molecule has 38 heavy (non-hydrogen) atoms. The van der Waals surface area contributed by atoms with Gasteiger partial charge in [-0.25, -0.2) is 9.07 Å². The number of fused-ring (bicyclic) bond motifs is 1. The first kappa shape index (κ1) is 24.4. The lowest BCUT2D eigenvalue weighted by molar-refractivity contribution is -0.384. The number of nitrogens with zero attached hydrogens (tertiary/aromatic N) is 3. The number of para-hydroxylation sites is 1. The highest BCUT2D eigenvalue weighted by Crippen LogP contribution is 2.38. The minimum Gasteiger partial charge on any atom is -0.343 e. The predicted molar refractivity (Wildman–Crippen MR) is 139 cm³/mol. The molecule has 4 aromatic rings. The van der Waals surface area contributed by atoms with Crippen LogP contribution in [-0.4, -0.2) is 26.5 Å². The minimum atomic E-state index is -0.873. The number of nitrogens with one attached hydrogen (secondary N) is 3. The zero-order valence-electron chi connectivity index (χ0n) is 20.0. The number of amides is 2. The Hall–Kier alpha value is -5.32. The van der Waals surface area contributed by atoms with Gasteiger partial charge >= 0.3 is 0 Å². The molecular formula is C27H21FN6O4. The Morgan fingerprint density at radius 2 is 1.66 bits per heavy atom. The predicted octanol–water partition coefficient (Wildman–Crippen LogP) is 5.11. The summed E-state index contributed by atoms with van der Waals surface area (Å²) in [6.07, 6.45) is 1.34. The van der Waals surface area contributed by atoms with Crippen LogP contribution in [0.3, 0.4) is 0 Å². The van der Waals surface area contributed by atoms with Gasteiger partial charge in [0.1, 0.15) is 23.2 Å². The lowest BCUT2D eigenvalue weighted by atomic mass is 9.94. The normalized spacial score (nSPS) is 14.3. The van der Waals surface area contributed by atoms with E-state index in [1.165, 1.54) is 53.3 Å². The molecule has 0 radical (unpaired) electrons. The maximum atomic E-state index is 13.5. The van der Waals surface area contributed by atoms with Crippen molar-refractivity contribution < 1.29 is 18.9 Å². The fraction of sp³-hybridized carbons (Fsp3) is 0.0741. The van der Waals surface area contributed by atoms with Crippen LogP contribution in [0.15, 0.2) is 96.3 Å². The van der Waals surface area contributed by atoms with Crippen LogP contribution in [0, 0.1) is 15.9 Å². The van der Waals surface area contributed by atoms with Crippen LogP contribution in [0.25, 0.3) is 0 Å². The molecule has 2 amide bonds. The number of aromatic nitrogens is 2. The molecule has 2 heterocycles. The first-order chi connectivity index (χ1) is 18.3. The number of carbonyl (C=O) groups is 2. The fourth-order valence-electron chi connectivity index (χ4n) is 4.28. The monoisotopic (exact) mass is 512 g/mol. The number of nitro benzene ring substituents is 1. The molecule has 3 aromatic carbocycles. The molecule has 1 atom stereocenters. The summed E-state index contributed by atoms with van der Waals surface area (Å²) < 4.78 is 14.7. The molecule has 0 fully saturated rings. The number of benzene rings is 3. The Balaban J connectivity index is 1.57. The van der Waals surface area contributed by atoms with Crippen LogP contribution in [-0.2, 0) is 4.79 Å². The first-order valence-electron chi connectivity index (χ1n) is 11.5. The van der Waals surface area contributed by atoms with Crippen molar-refractivity contribution in [2.45, 2.75) is 13.0 Å². The number of hydrogen-bond donors (Lipinski definition) is 3. The summed E-state index contributed by atoms with van der Waals surface area (Å²) in [4.78, 5) is 37.6. The molecule has 1 unspecified atom stereocenters. The number of carbonyl (C=O) groups excluding carboxylic acids is 2. The molecular weight excluding hydrogens is 491 g/mol. The highest BCUT2D eigenvalue weighted by atomic mass is 19.1. The van der Waals surface area contributed by atoms with E-state index in [2.05, 4.69) is 21.0 Å². The second kappa shape index (κ2) is 9.97. The molecule has 190 valence electrons. The molecule has 1 aliphatic heterocycles. The van der Waals surface area contributed by atoms with E-state index in [-0.39, 0.29) is 16.8 Å². The number of anilines is 3. The van der Waals surface area contributed by atoms with Crippen molar-refractivity contribution in [2.75, 3.05) is 16.0 Å². The molecule has 3 N–H and O–H groups in total. The first-order valence-corrected chi connectivity index (χ1v) is 11.5. The van der Waals surface area contributed by atoms with Crippen molar-refractivity contribution >= 4 is 34.7 Å². The summed E-state index contributed by atoms with van der Waals surface area (Å²) in [6.45, 7) is 1.68. The smallest absolute Gasteiger partial charge is 0.269 e. The van der Waals surface area contributed by atoms with Crippen molar-refractivity contribution in [3.05, 3.63) is 123 Å². The average Bonchev–Trinajstić information content (AvgIpc) is 3.33. The Kier molecular flexibility index (Phi) is 6.40. The van der Waals surface area contributed by atoms with Crippen molar-refractivity contribution in [3.63, 3.8) is 0 Å². The van der Waals surface area contributed by atoms with Crippen LogP contribution in [0.5, 0.6) is 0 Å². The summed E-state index contributed by atoms with van der Waals surface area (Å²) in [6, 6.07) is 19.2. The van der Waals surface area contributed by atoms with Crippen molar-refractivity contribution in [1.29, 1.82) is 0 Å². The highest BCUT2D eigenvalue weighted by Gasteiger charge is 2.36. The summed E-state index contributed by atoms with van der Waals surface area (Å²) >= 11 is 0. The van der Waals surface area contributed by atoms with Gasteiger partial charge in [0.25, 0.3) is 17.5 Å². The molecule has 5 rings (SSSR count). The van der Waals surface area contributed by atoms with Crippen molar-refractivity contribution in [3.8, 4) is 0 Å². The Bertz CT molecular complexity index is 1580. The van der Waals surface area contributed by atoms with Gasteiger partial charge in [0.15, 0.2) is 0 Å². The molecule has 0 aliphatic carbocycles. The SMILES string of the molecule is CC1=C(C(=O)Nc2ccccc2)C(c2cccc([N+](=O)[O-])c2)n2ncc(C(=O)Nc3ccc(F)cc3)c2N1. The van der Waals surface area contributed by atoms with E-state index in [9.17, 15) is 24.1 Å². The molecule has 0 spiro atoms. The lowest BCUT2D eigenvalue weighted by Gasteiger charge is -2.30. The van der Waals surface area contributed by atoms with E-state index in [1.54, 1.807) is 37.3 Å². The second-order valence-electron chi connectivity index (χ2n) is 8.55. The molecule has 0 saturated heterocycles. The van der Waals surface area contributed by atoms with Gasteiger partial charge < -0.3 is 16.0 Å². The lowest BCUT2D eigenvalue weighted by Crippen LogP contribution is -2.32. The minimum absolute atomic E-state index is 0.149. The van der Waals surface area contributed by atoms with Crippen LogP contribution >= 0.6 is 0 Å². The largest absolute Gasteiger partial charge is 0.343 e. The van der Waals surface area contributed by atoms with Gasteiger partial charge in [-0.05, 0) is 48.9 Å². The second-order valence-corrected chi connectivity index (χ2v) is 8.55. The van der Waals surface area contributed by atoms with E-state index in [0.717, 1.165) is 0 Å². The van der Waals surface area contributed by atoms with Gasteiger partial charge in [0.2, 0.25) is 0 Å². The van der Waals surface area contributed by atoms with Gasteiger partial charge in [-0.3, -0.25) is 19.7 Å². The topological polar surface area (TPSA) is 131 Å². The molecule has 11 heteroatoms. The molecule has 1 aromatic heterocycles. The maximum absolute atomic E-state index is 13.5. The maximum Gasteiger partial charge on any atom is 0.269 e. The quantitative estimate of drug-likeness (QED) is 0.243. The van der Waals surface area contributed by atoms with E-state index < -0.39 is 28.6 Å². The Morgan fingerprint density at radius 1 is 0.974 bits per heavy atom. The van der Waals surface area contributed by atoms with Gasteiger partial charge in [0.05, 0.1) is 16.7 Å². The van der Waals surface area contributed by atoms with Gasteiger partial charge in [-0.2, -0.15) is 5.10 Å². The summed E-state index contributed by atoms with van der Waals surface area (Å²) in [7, 11) is 0. The molecule has 1 aliphatic rings. The zero-order valence-corrected chi connectivity index (χ0v) is 20.0. The van der Waals surface area contributed by atoms with E-state index >= 15 is 0 Å².